The molecule has 0 radical (unpaired) electrons. The number of hydrogen-bond acceptors (Lipinski definition) is 7. The van der Waals surface area contributed by atoms with Crippen molar-refractivity contribution in [3.63, 3.8) is 0 Å². The van der Waals surface area contributed by atoms with E-state index in [9.17, 15) is 4.79 Å². The highest BCUT2D eigenvalue weighted by molar-refractivity contribution is 8.01. The number of carbonyl (C=O) groups excluding carboxylic acids is 1. The molecule has 0 saturated heterocycles. The molecule has 0 aliphatic rings. The molecule has 1 N–H and O–H groups in total. The maximum absolute atomic E-state index is 12.2. The second-order valence-corrected chi connectivity index (χ2v) is 8.99. The Hall–Kier alpha value is -2.84. The van der Waals surface area contributed by atoms with Gasteiger partial charge in [0.05, 0.1) is 7.11 Å². The van der Waals surface area contributed by atoms with Crippen LogP contribution in [0.5, 0.6) is 11.5 Å². The van der Waals surface area contributed by atoms with Gasteiger partial charge in [-0.1, -0.05) is 60.4 Å². The molecule has 8 heteroatoms. The summed E-state index contributed by atoms with van der Waals surface area (Å²) in [7, 11) is 1.60. The zero-order valence-electron chi connectivity index (χ0n) is 17.8. The molecule has 1 amide bonds. The number of rotatable bonds is 10. The highest BCUT2D eigenvalue weighted by Crippen LogP contribution is 2.30. The number of aromatic nitrogens is 2. The quantitative estimate of drug-likeness (QED) is 0.244. The van der Waals surface area contributed by atoms with Crippen LogP contribution in [0, 0.1) is 6.92 Å². The average Bonchev–Trinajstić information content (AvgIpc) is 3.23. The molecular weight excluding hydrogens is 430 g/mol. The first kappa shape index (κ1) is 22.8. The van der Waals surface area contributed by atoms with Gasteiger partial charge in [-0.3, -0.25) is 10.1 Å². The zero-order chi connectivity index (χ0) is 22.1. The molecule has 2 aromatic carbocycles. The highest BCUT2D eigenvalue weighted by atomic mass is 32.2. The maximum atomic E-state index is 12.2. The predicted molar refractivity (Wildman–Crippen MR) is 127 cm³/mol. The van der Waals surface area contributed by atoms with Crippen LogP contribution in [0.2, 0.25) is 0 Å². The lowest BCUT2D eigenvalue weighted by Gasteiger charge is -2.12. The molecule has 0 saturated carbocycles. The van der Waals surface area contributed by atoms with E-state index >= 15 is 0 Å². The Labute approximate surface area is 190 Å². The van der Waals surface area contributed by atoms with Gasteiger partial charge >= 0.3 is 0 Å². The van der Waals surface area contributed by atoms with E-state index in [2.05, 4.69) is 35.4 Å². The first-order valence-electron chi connectivity index (χ1n) is 9.89. The van der Waals surface area contributed by atoms with Crippen LogP contribution >= 0.6 is 23.1 Å². The molecule has 3 rings (SSSR count). The summed E-state index contributed by atoms with van der Waals surface area (Å²) >= 11 is 3.01. The highest BCUT2D eigenvalue weighted by Gasteiger charge is 2.08. The SMILES string of the molecule is CCCSc1nnc(NC(=O)/C=C/c2ccc(OCc3ccccc3C)c(OC)c2)s1. The predicted octanol–water partition coefficient (Wildman–Crippen LogP) is 5.59. The molecule has 6 nitrogen and oxygen atoms in total. The lowest BCUT2D eigenvalue weighted by molar-refractivity contribution is -0.111. The molecule has 162 valence electrons. The van der Waals surface area contributed by atoms with Crippen molar-refractivity contribution in [2.75, 3.05) is 18.2 Å². The summed E-state index contributed by atoms with van der Waals surface area (Å²) in [5, 5.41) is 11.3. The Balaban J connectivity index is 1.59. The van der Waals surface area contributed by atoms with E-state index < -0.39 is 0 Å². The minimum Gasteiger partial charge on any atom is -0.493 e. The minimum atomic E-state index is -0.262. The Morgan fingerprint density at radius 1 is 1.19 bits per heavy atom. The molecule has 3 aromatic rings. The molecule has 0 unspecified atom stereocenters. The van der Waals surface area contributed by atoms with E-state index in [1.54, 1.807) is 24.9 Å². The van der Waals surface area contributed by atoms with Crippen LogP contribution in [0.15, 0.2) is 52.9 Å². The maximum Gasteiger partial charge on any atom is 0.250 e. The van der Waals surface area contributed by atoms with Crippen molar-refractivity contribution in [1.29, 1.82) is 0 Å². The number of anilines is 1. The lowest BCUT2D eigenvalue weighted by Crippen LogP contribution is -2.07. The van der Waals surface area contributed by atoms with E-state index in [1.807, 2.05) is 36.4 Å². The van der Waals surface area contributed by atoms with E-state index in [0.717, 1.165) is 27.6 Å². The van der Waals surface area contributed by atoms with Crippen molar-refractivity contribution >= 4 is 40.2 Å². The van der Waals surface area contributed by atoms with Gasteiger partial charge in [-0.25, -0.2) is 0 Å². The largest absolute Gasteiger partial charge is 0.493 e. The van der Waals surface area contributed by atoms with Crippen LogP contribution in [0.1, 0.15) is 30.0 Å². The monoisotopic (exact) mass is 455 g/mol. The van der Waals surface area contributed by atoms with Crippen LogP contribution in [0.25, 0.3) is 6.08 Å². The number of methoxy groups -OCH3 is 1. The fraction of sp³-hybridized carbons (Fsp3) is 0.261. The van der Waals surface area contributed by atoms with Crippen LogP contribution in [0.4, 0.5) is 5.13 Å². The third kappa shape index (κ3) is 6.83. The number of benzene rings is 2. The molecule has 31 heavy (non-hydrogen) atoms. The zero-order valence-corrected chi connectivity index (χ0v) is 19.4. The minimum absolute atomic E-state index is 0.262. The Bertz CT molecular complexity index is 1050. The van der Waals surface area contributed by atoms with Crippen LogP contribution in [0.3, 0.4) is 0 Å². The number of nitrogens with zero attached hydrogens (tertiary/aromatic N) is 2. The van der Waals surface area contributed by atoms with E-state index in [1.165, 1.54) is 23.0 Å². The van der Waals surface area contributed by atoms with Crippen LogP contribution < -0.4 is 14.8 Å². The van der Waals surface area contributed by atoms with Gasteiger partial charge in [0, 0.05) is 11.8 Å². The lowest BCUT2D eigenvalue weighted by atomic mass is 10.1. The summed E-state index contributed by atoms with van der Waals surface area (Å²) in [5.74, 6) is 1.98. The summed E-state index contributed by atoms with van der Waals surface area (Å²) in [6.45, 7) is 4.63. The number of hydrogen-bond donors (Lipinski definition) is 1. The molecule has 0 bridgehead atoms. The summed E-state index contributed by atoms with van der Waals surface area (Å²) in [6, 6.07) is 13.7. The van der Waals surface area contributed by atoms with Crippen molar-refractivity contribution in [1.82, 2.24) is 10.2 Å². The molecular formula is C23H25N3O3S2. The molecule has 1 aromatic heterocycles. The van der Waals surface area contributed by atoms with Gasteiger partial charge in [0.15, 0.2) is 15.8 Å². The molecule has 0 aliphatic carbocycles. The summed E-state index contributed by atoms with van der Waals surface area (Å²) < 4.78 is 12.3. The van der Waals surface area contributed by atoms with Crippen LogP contribution in [-0.4, -0.2) is 29.0 Å². The molecule has 1 heterocycles. The number of amides is 1. The van der Waals surface area contributed by atoms with Crippen molar-refractivity contribution in [2.24, 2.45) is 0 Å². The van der Waals surface area contributed by atoms with E-state index in [-0.39, 0.29) is 5.91 Å². The molecule has 0 fully saturated rings. The molecule has 0 aliphatic heterocycles. The van der Waals surface area contributed by atoms with Crippen molar-refractivity contribution < 1.29 is 14.3 Å². The summed E-state index contributed by atoms with van der Waals surface area (Å²) in [6.07, 6.45) is 4.24. The van der Waals surface area contributed by atoms with Gasteiger partial charge in [0.1, 0.15) is 6.61 Å². The smallest absolute Gasteiger partial charge is 0.250 e. The summed E-state index contributed by atoms with van der Waals surface area (Å²) in [5.41, 5.74) is 3.13. The van der Waals surface area contributed by atoms with Gasteiger partial charge < -0.3 is 9.47 Å². The number of thioether (sulfide) groups is 1. The summed E-state index contributed by atoms with van der Waals surface area (Å²) in [4.78, 5) is 12.2. The average molecular weight is 456 g/mol. The Morgan fingerprint density at radius 3 is 2.81 bits per heavy atom. The molecule has 0 spiro atoms. The topological polar surface area (TPSA) is 73.3 Å². The standard InChI is InChI=1S/C23H25N3O3S2/c1-4-13-30-23-26-25-22(31-23)24-21(27)12-10-17-9-11-19(20(14-17)28-3)29-15-18-8-6-5-7-16(18)2/h5-12,14H,4,13,15H2,1-3H3,(H,24,25,27)/b12-10+. The fourth-order valence-electron chi connectivity index (χ4n) is 2.66. The van der Waals surface area contributed by atoms with Crippen molar-refractivity contribution in [3.8, 4) is 11.5 Å². The molecule has 0 atom stereocenters. The number of carbonyl (C=O) groups is 1. The van der Waals surface area contributed by atoms with E-state index in [0.29, 0.717) is 23.2 Å². The normalized spacial score (nSPS) is 10.9. The van der Waals surface area contributed by atoms with Crippen LogP contribution in [-0.2, 0) is 11.4 Å². The van der Waals surface area contributed by atoms with Gasteiger partial charge in [0.25, 0.3) is 0 Å². The number of nitrogens with one attached hydrogen (secondary N) is 1. The van der Waals surface area contributed by atoms with Crippen molar-refractivity contribution in [3.05, 3.63) is 65.2 Å². The van der Waals surface area contributed by atoms with Gasteiger partial charge in [-0.2, -0.15) is 0 Å². The van der Waals surface area contributed by atoms with Gasteiger partial charge in [-0.15, -0.1) is 10.2 Å². The van der Waals surface area contributed by atoms with E-state index in [4.69, 9.17) is 9.47 Å². The van der Waals surface area contributed by atoms with Gasteiger partial charge in [-0.05, 0) is 48.2 Å². The second kappa shape index (κ2) is 11.5. The second-order valence-electron chi connectivity index (χ2n) is 6.67. The Morgan fingerprint density at radius 2 is 2.03 bits per heavy atom. The number of aryl methyl sites for hydroxylation is 1. The number of ether oxygens (including phenoxy) is 2. The Kier molecular flexibility index (Phi) is 8.49. The third-order valence-corrected chi connectivity index (χ3v) is 6.50. The first-order chi connectivity index (χ1) is 15.1. The first-order valence-corrected chi connectivity index (χ1v) is 11.7. The van der Waals surface area contributed by atoms with Gasteiger partial charge in [0.2, 0.25) is 11.0 Å². The van der Waals surface area contributed by atoms with Crippen molar-refractivity contribution in [2.45, 2.75) is 31.2 Å². The third-order valence-electron chi connectivity index (χ3n) is 4.33. The fourth-order valence-corrected chi connectivity index (χ4v) is 4.34.